The second-order valence-corrected chi connectivity index (χ2v) is 14.6. The van der Waals surface area contributed by atoms with Crippen LogP contribution in [0.4, 0.5) is 5.69 Å². The van der Waals surface area contributed by atoms with Gasteiger partial charge in [0.25, 0.3) is 0 Å². The number of aromatic amines is 2. The summed E-state index contributed by atoms with van der Waals surface area (Å²) in [5.41, 5.74) is 15.1. The number of anilines is 1. The fourth-order valence-electron chi connectivity index (χ4n) is 8.00. The molecule has 0 unspecified atom stereocenters. The molecule has 9 heteroatoms. The summed E-state index contributed by atoms with van der Waals surface area (Å²) in [6.45, 7) is 9.21. The van der Waals surface area contributed by atoms with Crippen LogP contribution >= 0.6 is 0 Å². The highest BCUT2D eigenvalue weighted by molar-refractivity contribution is 6.00. The maximum Gasteiger partial charge on any atom is 0.221 e. The summed E-state index contributed by atoms with van der Waals surface area (Å²) in [6, 6.07) is 40.9. The number of carbonyl (C=O) groups excluding carboxylic acids is 1. The second-order valence-electron chi connectivity index (χ2n) is 14.6. The molecule has 7 aromatic rings. The summed E-state index contributed by atoms with van der Waals surface area (Å²) >= 11 is 0. The number of nitrogens with one attached hydrogen (secondary N) is 3. The number of rotatable bonds is 11. The largest absolute Gasteiger partial charge is 0.494 e. The van der Waals surface area contributed by atoms with E-state index in [1.807, 2.05) is 81.4 Å². The van der Waals surface area contributed by atoms with Gasteiger partial charge in [-0.2, -0.15) is 0 Å². The van der Waals surface area contributed by atoms with E-state index in [-0.39, 0.29) is 5.91 Å². The smallest absolute Gasteiger partial charge is 0.221 e. The van der Waals surface area contributed by atoms with Gasteiger partial charge in [0, 0.05) is 56.9 Å². The molecule has 8 bridgehead atoms. The topological polar surface area (TPSA) is 114 Å². The van der Waals surface area contributed by atoms with Gasteiger partial charge < -0.3 is 29.5 Å². The average molecular weight is 804 g/mol. The summed E-state index contributed by atoms with van der Waals surface area (Å²) in [6.07, 6.45) is 8.26. The lowest BCUT2D eigenvalue weighted by Crippen LogP contribution is -2.05. The summed E-state index contributed by atoms with van der Waals surface area (Å²) in [7, 11) is 0. The number of nitrogens with zero attached hydrogens (tertiary/aromatic N) is 2. The van der Waals surface area contributed by atoms with Crippen molar-refractivity contribution in [2.75, 3.05) is 25.1 Å². The number of carbonyl (C=O) groups is 1. The first-order chi connectivity index (χ1) is 29.9. The van der Waals surface area contributed by atoms with Crippen molar-refractivity contribution in [1.82, 2.24) is 19.9 Å². The number of aromatic nitrogens is 4. The normalized spacial score (nSPS) is 11.7. The lowest BCUT2D eigenvalue weighted by molar-refractivity contribution is -0.114. The van der Waals surface area contributed by atoms with Crippen LogP contribution in [0.1, 0.15) is 50.5 Å². The Morgan fingerprint density at radius 1 is 0.443 bits per heavy atom. The monoisotopic (exact) mass is 803 g/mol. The van der Waals surface area contributed by atoms with Gasteiger partial charge in [0.15, 0.2) is 0 Å². The van der Waals surface area contributed by atoms with Gasteiger partial charge in [-0.15, -0.1) is 0 Å². The third kappa shape index (κ3) is 7.93. The first-order valence-electron chi connectivity index (χ1n) is 20.6. The lowest BCUT2D eigenvalue weighted by atomic mass is 10.0. The summed E-state index contributed by atoms with van der Waals surface area (Å²) in [5, 5.41) is 2.89. The second kappa shape index (κ2) is 16.9. The third-order valence-corrected chi connectivity index (χ3v) is 10.6. The predicted octanol–water partition coefficient (Wildman–Crippen LogP) is 12.5. The van der Waals surface area contributed by atoms with E-state index in [1.54, 1.807) is 0 Å². The number of hydrogen-bond donors (Lipinski definition) is 3. The van der Waals surface area contributed by atoms with Crippen molar-refractivity contribution in [2.24, 2.45) is 0 Å². The quantitative estimate of drug-likeness (QED) is 0.120. The van der Waals surface area contributed by atoms with Crippen LogP contribution < -0.4 is 19.5 Å². The van der Waals surface area contributed by atoms with Gasteiger partial charge in [-0.1, -0.05) is 48.5 Å². The van der Waals surface area contributed by atoms with Crippen molar-refractivity contribution < 1.29 is 19.0 Å². The van der Waals surface area contributed by atoms with Gasteiger partial charge in [0.05, 0.1) is 42.6 Å². The minimum Gasteiger partial charge on any atom is -0.494 e. The zero-order chi connectivity index (χ0) is 41.9. The zero-order valence-corrected chi connectivity index (χ0v) is 34.5. The Labute approximate surface area is 354 Å². The molecule has 0 saturated carbocycles. The number of benzene rings is 4. The van der Waals surface area contributed by atoms with Gasteiger partial charge in [-0.25, -0.2) is 9.97 Å². The molecule has 2 aliphatic heterocycles. The van der Waals surface area contributed by atoms with Crippen LogP contribution in [0.15, 0.2) is 121 Å². The predicted molar refractivity (Wildman–Crippen MR) is 248 cm³/mol. The highest BCUT2D eigenvalue weighted by Crippen LogP contribution is 2.39. The average Bonchev–Trinajstić information content (AvgIpc) is 4.12. The number of fused-ring (bicyclic) bond motifs is 8. The van der Waals surface area contributed by atoms with Crippen molar-refractivity contribution in [1.29, 1.82) is 0 Å². The first kappa shape index (κ1) is 38.8. The molecular formula is C52H45N5O4. The van der Waals surface area contributed by atoms with E-state index < -0.39 is 0 Å². The van der Waals surface area contributed by atoms with E-state index in [0.29, 0.717) is 25.5 Å². The summed E-state index contributed by atoms with van der Waals surface area (Å²) < 4.78 is 17.5. The van der Waals surface area contributed by atoms with Crippen LogP contribution in [0.3, 0.4) is 0 Å². The van der Waals surface area contributed by atoms with Crippen molar-refractivity contribution in [2.45, 2.75) is 27.7 Å². The molecule has 2 aliphatic rings. The Balaban J connectivity index is 1.39. The Bertz CT molecular complexity index is 2830. The first-order valence-corrected chi connectivity index (χ1v) is 20.6. The van der Waals surface area contributed by atoms with Gasteiger partial charge in [0.2, 0.25) is 5.91 Å². The van der Waals surface area contributed by atoms with Gasteiger partial charge >= 0.3 is 0 Å². The molecule has 302 valence electrons. The highest BCUT2D eigenvalue weighted by Gasteiger charge is 2.20. The molecule has 0 fully saturated rings. The molecular weight excluding hydrogens is 759 g/mol. The van der Waals surface area contributed by atoms with E-state index in [4.69, 9.17) is 24.2 Å². The number of hydrogen-bond acceptors (Lipinski definition) is 6. The molecule has 0 atom stereocenters. The SMILES string of the molecule is CCOc1ccc(-c2c3nc(c(-c4ccc(NC(C)=O)cc4)c4nc(c(-c5ccc(OCC)cc5)c5ccc([nH]5)c(-c5ccc(OCC)cc5)c5ccc2[nH]5)C=C4)C=C3)cc1. The van der Waals surface area contributed by atoms with E-state index >= 15 is 0 Å². The van der Waals surface area contributed by atoms with E-state index in [0.717, 1.165) is 107 Å². The molecule has 9 nitrogen and oxygen atoms in total. The van der Waals surface area contributed by atoms with Crippen LogP contribution in [-0.2, 0) is 4.79 Å². The zero-order valence-electron chi connectivity index (χ0n) is 34.5. The van der Waals surface area contributed by atoms with E-state index in [9.17, 15) is 4.79 Å². The van der Waals surface area contributed by atoms with Crippen LogP contribution in [-0.4, -0.2) is 45.7 Å². The molecule has 9 rings (SSSR count). The minimum atomic E-state index is -0.131. The summed E-state index contributed by atoms with van der Waals surface area (Å²) in [4.78, 5) is 30.4. The standard InChI is InChI=1S/C52H45N5O4/c1-5-59-38-18-10-34(11-19-38)50-43-26-24-41(54-43)49(33-8-16-37(17-9-33)53-32(4)58)42-25-27-44(55-42)51(35-12-20-39(21-13-35)60-6-2)46-29-31-48(57-46)52(47-30-28-45(50)56-47)36-14-22-40(23-15-36)61-7-3/h8-31,56-57H,5-7H2,1-4H3,(H,53,58). The third-order valence-electron chi connectivity index (χ3n) is 10.6. The molecule has 3 N–H and O–H groups in total. The van der Waals surface area contributed by atoms with Crippen LogP contribution in [0.2, 0.25) is 0 Å². The number of ether oxygens (including phenoxy) is 3. The van der Waals surface area contributed by atoms with Crippen LogP contribution in [0.25, 0.3) is 90.9 Å². The van der Waals surface area contributed by atoms with Crippen molar-refractivity contribution >= 4 is 58.0 Å². The van der Waals surface area contributed by atoms with Crippen LogP contribution in [0.5, 0.6) is 17.2 Å². The van der Waals surface area contributed by atoms with Crippen LogP contribution in [0, 0.1) is 0 Å². The molecule has 0 radical (unpaired) electrons. The Hall–Kier alpha value is -7.65. The molecule has 5 heterocycles. The molecule has 4 aromatic carbocycles. The molecule has 61 heavy (non-hydrogen) atoms. The molecule has 0 saturated heterocycles. The fraction of sp³-hybridized carbons (Fsp3) is 0.135. The fourth-order valence-corrected chi connectivity index (χ4v) is 8.00. The Kier molecular flexibility index (Phi) is 10.8. The Morgan fingerprint density at radius 2 is 0.754 bits per heavy atom. The van der Waals surface area contributed by atoms with Crippen molar-refractivity contribution in [3.8, 4) is 61.8 Å². The maximum absolute atomic E-state index is 11.9. The van der Waals surface area contributed by atoms with Gasteiger partial charge in [0.1, 0.15) is 17.2 Å². The molecule has 1 amide bonds. The molecule has 3 aromatic heterocycles. The van der Waals surface area contributed by atoms with Gasteiger partial charge in [-0.05, 0) is 140 Å². The van der Waals surface area contributed by atoms with E-state index in [1.165, 1.54) is 6.92 Å². The number of amides is 1. The number of H-pyrrole nitrogens is 2. The lowest BCUT2D eigenvalue weighted by Gasteiger charge is -2.09. The maximum atomic E-state index is 11.9. The van der Waals surface area contributed by atoms with Crippen molar-refractivity contribution in [3.05, 3.63) is 144 Å². The Morgan fingerprint density at radius 3 is 1.11 bits per heavy atom. The van der Waals surface area contributed by atoms with E-state index in [2.05, 4.69) is 100 Å². The molecule has 0 aliphatic carbocycles. The highest BCUT2D eigenvalue weighted by atomic mass is 16.5. The minimum absolute atomic E-state index is 0.131. The van der Waals surface area contributed by atoms with Crippen molar-refractivity contribution in [3.63, 3.8) is 0 Å². The van der Waals surface area contributed by atoms with Gasteiger partial charge in [-0.3, -0.25) is 4.79 Å². The summed E-state index contributed by atoms with van der Waals surface area (Å²) in [5.74, 6) is 2.28. The molecule has 0 spiro atoms.